The van der Waals surface area contributed by atoms with Gasteiger partial charge < -0.3 is 10.5 Å². The summed E-state index contributed by atoms with van der Waals surface area (Å²) >= 11 is 0. The first-order chi connectivity index (χ1) is 9.55. The van der Waals surface area contributed by atoms with E-state index in [4.69, 9.17) is 10.9 Å². The molecule has 5 N–H and O–H groups in total. The number of aliphatic hydroxyl groups excluding tert-OH is 1. The van der Waals surface area contributed by atoms with E-state index in [0.29, 0.717) is 16.9 Å². The maximum absolute atomic E-state index is 12.1. The molecule has 0 aromatic heterocycles. The summed E-state index contributed by atoms with van der Waals surface area (Å²) in [4.78, 5) is 0.141. The number of nitrogens with one attached hydrogen (secondary N) is 2. The summed E-state index contributed by atoms with van der Waals surface area (Å²) in [6.07, 6.45) is 0. The number of sulfonamides is 1. The van der Waals surface area contributed by atoms with E-state index < -0.39 is 10.0 Å². The zero-order valence-corrected chi connectivity index (χ0v) is 11.4. The van der Waals surface area contributed by atoms with Crippen LogP contribution in [-0.4, -0.2) is 13.5 Å². The zero-order chi connectivity index (χ0) is 14.6. The SMILES string of the molecule is NNc1ccc(S(=O)(=O)Nc2ccc(CO)cc2)cc1. The number of nitrogen functional groups attached to an aromatic ring is 1. The van der Waals surface area contributed by atoms with Crippen molar-refractivity contribution in [1.29, 1.82) is 0 Å². The molecule has 0 saturated carbocycles. The van der Waals surface area contributed by atoms with E-state index in [-0.39, 0.29) is 11.5 Å². The predicted octanol–water partition coefficient (Wildman–Crippen LogP) is 1.27. The molecule has 2 aromatic rings. The van der Waals surface area contributed by atoms with Crippen molar-refractivity contribution in [3.05, 3.63) is 54.1 Å². The Hall–Kier alpha value is -2.09. The van der Waals surface area contributed by atoms with Crippen LogP contribution in [-0.2, 0) is 16.6 Å². The van der Waals surface area contributed by atoms with Crippen molar-refractivity contribution in [2.75, 3.05) is 10.1 Å². The molecule has 0 aliphatic rings. The van der Waals surface area contributed by atoms with Crippen molar-refractivity contribution in [1.82, 2.24) is 0 Å². The summed E-state index contributed by atoms with van der Waals surface area (Å²) in [7, 11) is -3.64. The highest BCUT2D eigenvalue weighted by molar-refractivity contribution is 7.92. The topological polar surface area (TPSA) is 104 Å². The van der Waals surface area contributed by atoms with Crippen LogP contribution >= 0.6 is 0 Å². The van der Waals surface area contributed by atoms with Gasteiger partial charge in [-0.05, 0) is 42.0 Å². The van der Waals surface area contributed by atoms with E-state index >= 15 is 0 Å². The molecule has 0 radical (unpaired) electrons. The minimum atomic E-state index is -3.64. The van der Waals surface area contributed by atoms with Crippen LogP contribution in [0.1, 0.15) is 5.56 Å². The van der Waals surface area contributed by atoms with Gasteiger partial charge in [-0.1, -0.05) is 12.1 Å². The Morgan fingerprint density at radius 2 is 1.50 bits per heavy atom. The third-order valence-electron chi connectivity index (χ3n) is 2.72. The summed E-state index contributed by atoms with van der Waals surface area (Å²) in [5, 5.41) is 8.93. The number of nitrogens with two attached hydrogens (primary N) is 1. The molecule has 0 unspecified atom stereocenters. The molecule has 7 heteroatoms. The number of benzene rings is 2. The van der Waals surface area contributed by atoms with Crippen molar-refractivity contribution in [2.45, 2.75) is 11.5 Å². The first kappa shape index (κ1) is 14.3. The Labute approximate surface area is 117 Å². The van der Waals surface area contributed by atoms with E-state index in [2.05, 4.69) is 10.1 Å². The number of hydrogen-bond acceptors (Lipinski definition) is 5. The third kappa shape index (κ3) is 3.27. The second kappa shape index (κ2) is 5.91. The van der Waals surface area contributed by atoms with Gasteiger partial charge in [-0.3, -0.25) is 10.6 Å². The van der Waals surface area contributed by atoms with Gasteiger partial charge in [0.25, 0.3) is 10.0 Å². The zero-order valence-electron chi connectivity index (χ0n) is 10.6. The van der Waals surface area contributed by atoms with E-state index in [1.54, 1.807) is 36.4 Å². The lowest BCUT2D eigenvalue weighted by Crippen LogP contribution is -2.13. The van der Waals surface area contributed by atoms with Crippen LogP contribution in [0.25, 0.3) is 0 Å². The summed E-state index contributed by atoms with van der Waals surface area (Å²) in [6.45, 7) is -0.0828. The molecule has 2 aromatic carbocycles. The Morgan fingerprint density at radius 1 is 0.950 bits per heavy atom. The minimum Gasteiger partial charge on any atom is -0.392 e. The molecule has 0 aliphatic carbocycles. The van der Waals surface area contributed by atoms with Crippen molar-refractivity contribution in [3.63, 3.8) is 0 Å². The average Bonchev–Trinajstić information content (AvgIpc) is 2.48. The first-order valence-electron chi connectivity index (χ1n) is 5.84. The fourth-order valence-corrected chi connectivity index (χ4v) is 2.68. The molecule has 2 rings (SSSR count). The minimum absolute atomic E-state index is 0.0828. The Bertz CT molecular complexity index is 667. The summed E-state index contributed by atoms with van der Waals surface area (Å²) in [6, 6.07) is 12.6. The van der Waals surface area contributed by atoms with Crippen molar-refractivity contribution in [2.24, 2.45) is 5.84 Å². The molecule has 106 valence electrons. The van der Waals surface area contributed by atoms with Crippen LogP contribution < -0.4 is 16.0 Å². The maximum Gasteiger partial charge on any atom is 0.261 e. The lowest BCUT2D eigenvalue weighted by Gasteiger charge is -2.09. The molecule has 0 spiro atoms. The van der Waals surface area contributed by atoms with Crippen LogP contribution in [0.15, 0.2) is 53.4 Å². The molecule has 20 heavy (non-hydrogen) atoms. The van der Waals surface area contributed by atoms with Crippen LogP contribution in [0.4, 0.5) is 11.4 Å². The first-order valence-corrected chi connectivity index (χ1v) is 7.33. The van der Waals surface area contributed by atoms with E-state index in [9.17, 15) is 8.42 Å². The Kier molecular flexibility index (Phi) is 4.23. The van der Waals surface area contributed by atoms with Gasteiger partial charge in [0.05, 0.1) is 11.5 Å². The van der Waals surface area contributed by atoms with Crippen LogP contribution in [0, 0.1) is 0 Å². The second-order valence-electron chi connectivity index (χ2n) is 4.13. The number of anilines is 2. The smallest absolute Gasteiger partial charge is 0.261 e. The monoisotopic (exact) mass is 293 g/mol. The summed E-state index contributed by atoms with van der Waals surface area (Å²) in [5.74, 6) is 5.22. The highest BCUT2D eigenvalue weighted by atomic mass is 32.2. The van der Waals surface area contributed by atoms with Gasteiger partial charge in [0, 0.05) is 11.4 Å². The van der Waals surface area contributed by atoms with E-state index in [1.165, 1.54) is 12.1 Å². The molecule has 0 bridgehead atoms. The lowest BCUT2D eigenvalue weighted by atomic mass is 10.2. The van der Waals surface area contributed by atoms with E-state index in [0.717, 1.165) is 0 Å². The second-order valence-corrected chi connectivity index (χ2v) is 5.81. The lowest BCUT2D eigenvalue weighted by molar-refractivity contribution is 0.282. The maximum atomic E-state index is 12.1. The molecule has 0 amide bonds. The fraction of sp³-hybridized carbons (Fsp3) is 0.0769. The molecule has 0 saturated heterocycles. The van der Waals surface area contributed by atoms with E-state index in [1.807, 2.05) is 0 Å². The molecule has 0 heterocycles. The molecule has 6 nitrogen and oxygen atoms in total. The van der Waals surface area contributed by atoms with Crippen LogP contribution in [0.2, 0.25) is 0 Å². The molecular formula is C13H15N3O3S. The van der Waals surface area contributed by atoms with Crippen LogP contribution in [0.3, 0.4) is 0 Å². The Balaban J connectivity index is 2.20. The standard InChI is InChI=1S/C13H15N3O3S/c14-15-11-5-7-13(8-6-11)20(18,19)16-12-3-1-10(9-17)2-4-12/h1-8,15-17H,9,14H2. The highest BCUT2D eigenvalue weighted by Gasteiger charge is 2.13. The molecule has 0 aliphatic heterocycles. The normalized spacial score (nSPS) is 11.1. The van der Waals surface area contributed by atoms with Gasteiger partial charge >= 0.3 is 0 Å². The largest absolute Gasteiger partial charge is 0.392 e. The van der Waals surface area contributed by atoms with Gasteiger partial charge in [-0.2, -0.15) is 0 Å². The molecule has 0 fully saturated rings. The van der Waals surface area contributed by atoms with Gasteiger partial charge in [0.15, 0.2) is 0 Å². The number of aliphatic hydroxyl groups is 1. The quantitative estimate of drug-likeness (QED) is 0.491. The summed E-state index contributed by atoms with van der Waals surface area (Å²) < 4.78 is 26.7. The van der Waals surface area contributed by atoms with Crippen LogP contribution in [0.5, 0.6) is 0 Å². The van der Waals surface area contributed by atoms with Gasteiger partial charge in [-0.15, -0.1) is 0 Å². The fourth-order valence-electron chi connectivity index (χ4n) is 1.62. The third-order valence-corrected chi connectivity index (χ3v) is 4.12. The number of rotatable bonds is 5. The molecular weight excluding hydrogens is 278 g/mol. The van der Waals surface area contributed by atoms with Crippen molar-refractivity contribution < 1.29 is 13.5 Å². The Morgan fingerprint density at radius 3 is 2.00 bits per heavy atom. The van der Waals surface area contributed by atoms with Gasteiger partial charge in [0.1, 0.15) is 0 Å². The average molecular weight is 293 g/mol. The van der Waals surface area contributed by atoms with Gasteiger partial charge in [-0.25, -0.2) is 8.42 Å². The van der Waals surface area contributed by atoms with Crippen molar-refractivity contribution in [3.8, 4) is 0 Å². The van der Waals surface area contributed by atoms with Gasteiger partial charge in [0.2, 0.25) is 0 Å². The summed E-state index contributed by atoms with van der Waals surface area (Å²) in [5.41, 5.74) is 4.20. The highest BCUT2D eigenvalue weighted by Crippen LogP contribution is 2.18. The number of hydrogen-bond donors (Lipinski definition) is 4. The predicted molar refractivity (Wildman–Crippen MR) is 77.4 cm³/mol. The van der Waals surface area contributed by atoms with Crippen molar-refractivity contribution >= 4 is 21.4 Å². The molecule has 0 atom stereocenters. The number of hydrazine groups is 1.